The molecule has 57 valence electrons. The Hall–Kier alpha value is -0.660. The smallest absolute Gasteiger partial charge is 0.142 e. The van der Waals surface area contributed by atoms with E-state index in [9.17, 15) is 9.59 Å². The van der Waals surface area contributed by atoms with Crippen molar-refractivity contribution in [3.8, 4) is 0 Å². The maximum atomic E-state index is 11.0. The highest BCUT2D eigenvalue weighted by Gasteiger charge is 2.19. The molecule has 0 amide bonds. The maximum absolute atomic E-state index is 11.0. The molecule has 0 aliphatic rings. The number of rotatable bonds is 3. The molecule has 10 heavy (non-hydrogen) atoms. The molecule has 0 saturated heterocycles. The number of ketones is 1. The number of aldehydes is 1. The Morgan fingerprint density at radius 2 is 1.90 bits per heavy atom. The average Bonchev–Trinajstić information content (AvgIpc) is 1.80. The molecule has 1 radical (unpaired) electrons. The summed E-state index contributed by atoms with van der Waals surface area (Å²) in [4.78, 5) is 20.9. The summed E-state index contributed by atoms with van der Waals surface area (Å²) >= 11 is 0. The summed E-state index contributed by atoms with van der Waals surface area (Å²) in [6, 6.07) is 0. The standard InChI is InChI=1S/C8H13O2/c1-8(2,3)7(10)5-4-6-9/h5-6H,4H2,1-3H3. The fourth-order valence-corrected chi connectivity index (χ4v) is 0.461. The molecule has 0 aromatic heterocycles. The third-order valence-electron chi connectivity index (χ3n) is 1.14. The van der Waals surface area contributed by atoms with Crippen molar-refractivity contribution in [2.24, 2.45) is 5.41 Å². The highest BCUT2D eigenvalue weighted by atomic mass is 16.1. The van der Waals surface area contributed by atoms with Crippen LogP contribution in [0.1, 0.15) is 27.2 Å². The Balaban J connectivity index is 3.74. The van der Waals surface area contributed by atoms with Gasteiger partial charge in [0.1, 0.15) is 12.1 Å². The summed E-state index contributed by atoms with van der Waals surface area (Å²) in [5, 5.41) is 0. The van der Waals surface area contributed by atoms with Crippen molar-refractivity contribution in [2.45, 2.75) is 27.2 Å². The number of carbonyl (C=O) groups is 2. The van der Waals surface area contributed by atoms with Crippen LogP contribution in [0, 0.1) is 11.8 Å². The van der Waals surface area contributed by atoms with Crippen molar-refractivity contribution in [3.05, 3.63) is 6.42 Å². The molecule has 0 aliphatic heterocycles. The zero-order valence-corrected chi connectivity index (χ0v) is 6.68. The van der Waals surface area contributed by atoms with Crippen molar-refractivity contribution in [1.29, 1.82) is 0 Å². The van der Waals surface area contributed by atoms with Gasteiger partial charge in [-0.05, 0) is 0 Å². The lowest BCUT2D eigenvalue weighted by Crippen LogP contribution is -2.20. The minimum Gasteiger partial charge on any atom is -0.303 e. The highest BCUT2D eigenvalue weighted by molar-refractivity contribution is 5.93. The van der Waals surface area contributed by atoms with Crippen LogP contribution in [0.5, 0.6) is 0 Å². The second-order valence-electron chi connectivity index (χ2n) is 3.22. The van der Waals surface area contributed by atoms with E-state index in [-0.39, 0.29) is 17.6 Å². The minimum absolute atomic E-state index is 0.0274. The van der Waals surface area contributed by atoms with Gasteiger partial charge in [0.15, 0.2) is 0 Å². The van der Waals surface area contributed by atoms with Crippen LogP contribution < -0.4 is 0 Å². The lowest BCUT2D eigenvalue weighted by Gasteiger charge is -2.14. The molecule has 0 fully saturated rings. The molecule has 0 unspecified atom stereocenters. The van der Waals surface area contributed by atoms with Gasteiger partial charge in [-0.15, -0.1) is 0 Å². The van der Waals surface area contributed by atoms with E-state index in [1.807, 2.05) is 20.8 Å². The second kappa shape index (κ2) is 3.49. The Labute approximate surface area is 61.6 Å². The zero-order valence-electron chi connectivity index (χ0n) is 6.68. The van der Waals surface area contributed by atoms with Gasteiger partial charge in [-0.2, -0.15) is 0 Å². The van der Waals surface area contributed by atoms with E-state index in [4.69, 9.17) is 0 Å². The highest BCUT2D eigenvalue weighted by Crippen LogP contribution is 2.16. The Bertz CT molecular complexity index is 131. The van der Waals surface area contributed by atoms with Crippen LogP contribution in [0.15, 0.2) is 0 Å². The fourth-order valence-electron chi connectivity index (χ4n) is 0.461. The molecule has 0 spiro atoms. The number of carbonyl (C=O) groups excluding carboxylic acids is 2. The second-order valence-corrected chi connectivity index (χ2v) is 3.22. The quantitative estimate of drug-likeness (QED) is 0.556. The van der Waals surface area contributed by atoms with Crippen LogP contribution >= 0.6 is 0 Å². The Kier molecular flexibility index (Phi) is 3.26. The molecule has 2 heteroatoms. The Morgan fingerprint density at radius 3 is 2.20 bits per heavy atom. The summed E-state index contributed by atoms with van der Waals surface area (Å²) in [6.45, 7) is 5.49. The Morgan fingerprint density at radius 1 is 1.40 bits per heavy atom. The first-order chi connectivity index (χ1) is 4.48. The average molecular weight is 141 g/mol. The van der Waals surface area contributed by atoms with Gasteiger partial charge < -0.3 is 4.79 Å². The molecule has 0 saturated carbocycles. The summed E-state index contributed by atoms with van der Waals surface area (Å²) in [5.74, 6) is 0.0274. The van der Waals surface area contributed by atoms with Crippen LogP contribution in [0.4, 0.5) is 0 Å². The first kappa shape index (κ1) is 9.34. The molecule has 0 heterocycles. The zero-order chi connectivity index (χ0) is 8.20. The maximum Gasteiger partial charge on any atom is 0.142 e. The molecule has 0 aliphatic carbocycles. The van der Waals surface area contributed by atoms with Crippen LogP contribution in [-0.4, -0.2) is 12.1 Å². The van der Waals surface area contributed by atoms with Gasteiger partial charge >= 0.3 is 0 Å². The van der Waals surface area contributed by atoms with Crippen LogP contribution in [-0.2, 0) is 9.59 Å². The lowest BCUT2D eigenvalue weighted by atomic mass is 9.88. The normalized spacial score (nSPS) is 11.1. The largest absolute Gasteiger partial charge is 0.303 e. The predicted molar refractivity (Wildman–Crippen MR) is 39.4 cm³/mol. The summed E-state index contributed by atoms with van der Waals surface area (Å²) in [5.41, 5.74) is -0.344. The minimum atomic E-state index is -0.344. The third kappa shape index (κ3) is 3.38. The summed E-state index contributed by atoms with van der Waals surface area (Å²) < 4.78 is 0. The molecule has 0 aromatic rings. The van der Waals surface area contributed by atoms with E-state index < -0.39 is 0 Å². The van der Waals surface area contributed by atoms with Gasteiger partial charge in [-0.25, -0.2) is 0 Å². The SMILES string of the molecule is CC(C)(C)C(=O)[CH]CC=O. The fraction of sp³-hybridized carbons (Fsp3) is 0.625. The molecule has 0 atom stereocenters. The van der Waals surface area contributed by atoms with Crippen molar-refractivity contribution >= 4 is 12.1 Å². The van der Waals surface area contributed by atoms with Gasteiger partial charge in [-0.1, -0.05) is 20.8 Å². The van der Waals surface area contributed by atoms with E-state index in [0.29, 0.717) is 0 Å². The third-order valence-corrected chi connectivity index (χ3v) is 1.14. The predicted octanol–water partition coefficient (Wildman–Crippen LogP) is 1.39. The molecule has 2 nitrogen and oxygen atoms in total. The van der Waals surface area contributed by atoms with Crippen molar-refractivity contribution < 1.29 is 9.59 Å². The topological polar surface area (TPSA) is 34.1 Å². The first-order valence-electron chi connectivity index (χ1n) is 3.29. The van der Waals surface area contributed by atoms with E-state index in [1.54, 1.807) is 0 Å². The van der Waals surface area contributed by atoms with Gasteiger partial charge in [0.2, 0.25) is 0 Å². The van der Waals surface area contributed by atoms with Crippen molar-refractivity contribution in [3.63, 3.8) is 0 Å². The number of hydrogen-bond acceptors (Lipinski definition) is 2. The van der Waals surface area contributed by atoms with Gasteiger partial charge in [-0.3, -0.25) is 4.79 Å². The van der Waals surface area contributed by atoms with Crippen molar-refractivity contribution in [1.82, 2.24) is 0 Å². The van der Waals surface area contributed by atoms with Gasteiger partial charge in [0.25, 0.3) is 0 Å². The van der Waals surface area contributed by atoms with Gasteiger partial charge in [0, 0.05) is 18.3 Å². The first-order valence-corrected chi connectivity index (χ1v) is 3.29. The van der Waals surface area contributed by atoms with Crippen LogP contribution in [0.2, 0.25) is 0 Å². The molecule has 0 rings (SSSR count). The van der Waals surface area contributed by atoms with Gasteiger partial charge in [0.05, 0.1) is 0 Å². The van der Waals surface area contributed by atoms with Crippen molar-refractivity contribution in [2.75, 3.05) is 0 Å². The molecular weight excluding hydrogens is 128 g/mol. The van der Waals surface area contributed by atoms with E-state index >= 15 is 0 Å². The monoisotopic (exact) mass is 141 g/mol. The lowest BCUT2D eigenvalue weighted by molar-refractivity contribution is -0.123. The number of hydrogen-bond donors (Lipinski definition) is 0. The molecular formula is C8H13O2. The molecule has 0 N–H and O–H groups in total. The summed E-state index contributed by atoms with van der Waals surface area (Å²) in [6.07, 6.45) is 2.38. The molecule has 0 aromatic carbocycles. The number of Topliss-reactive ketones (excluding diaryl/α,β-unsaturated/α-hetero) is 1. The van der Waals surface area contributed by atoms with Crippen LogP contribution in [0.25, 0.3) is 0 Å². The van der Waals surface area contributed by atoms with Crippen LogP contribution in [0.3, 0.4) is 0 Å². The van der Waals surface area contributed by atoms with E-state index in [2.05, 4.69) is 0 Å². The van der Waals surface area contributed by atoms with E-state index in [1.165, 1.54) is 6.42 Å². The molecule has 0 bridgehead atoms. The van der Waals surface area contributed by atoms with E-state index in [0.717, 1.165) is 6.29 Å². The summed E-state index contributed by atoms with van der Waals surface area (Å²) in [7, 11) is 0.